The van der Waals surface area contributed by atoms with E-state index in [9.17, 15) is 4.79 Å². The second kappa shape index (κ2) is 2.97. The highest BCUT2D eigenvalue weighted by Gasteiger charge is 2.31. The number of primary amides is 1. The smallest absolute Gasteiger partial charge is 0.228 e. The van der Waals surface area contributed by atoms with Gasteiger partial charge >= 0.3 is 0 Å². The average molecular weight is 203 g/mol. The van der Waals surface area contributed by atoms with Crippen LogP contribution in [0.15, 0.2) is 34.6 Å². The Kier molecular flexibility index (Phi) is 1.73. The van der Waals surface area contributed by atoms with Crippen LogP contribution in [0.4, 0.5) is 0 Å². The first kappa shape index (κ1) is 8.73. The van der Waals surface area contributed by atoms with E-state index in [2.05, 4.69) is 10.9 Å². The first-order valence-electron chi connectivity index (χ1n) is 5.15. The fourth-order valence-corrected chi connectivity index (χ4v) is 2.51. The van der Waals surface area contributed by atoms with Crippen LogP contribution in [0.1, 0.15) is 12.8 Å². The van der Waals surface area contributed by atoms with E-state index in [0.29, 0.717) is 0 Å². The third kappa shape index (κ3) is 1.22. The van der Waals surface area contributed by atoms with Crippen LogP contribution in [0.3, 0.4) is 0 Å². The van der Waals surface area contributed by atoms with Crippen LogP contribution >= 0.6 is 0 Å². The van der Waals surface area contributed by atoms with Crippen molar-refractivity contribution >= 4 is 5.91 Å². The molecule has 4 N–H and O–H groups in total. The summed E-state index contributed by atoms with van der Waals surface area (Å²) in [6, 6.07) is 0. The second-order valence-electron chi connectivity index (χ2n) is 4.20. The molecule has 0 radical (unpaired) electrons. The minimum Gasteiger partial charge on any atom is -0.369 e. The Morgan fingerprint density at radius 2 is 2.33 bits per heavy atom. The maximum Gasteiger partial charge on any atom is 0.228 e. The maximum atomic E-state index is 11.2. The van der Waals surface area contributed by atoms with Crippen LogP contribution in [0.5, 0.6) is 0 Å². The third-order valence-electron chi connectivity index (χ3n) is 3.32. The van der Waals surface area contributed by atoms with Crippen LogP contribution in [-0.2, 0) is 4.79 Å². The van der Waals surface area contributed by atoms with Crippen molar-refractivity contribution in [1.29, 1.82) is 0 Å². The lowest BCUT2D eigenvalue weighted by atomic mass is 9.87. The lowest BCUT2D eigenvalue weighted by molar-refractivity contribution is -0.119. The zero-order valence-corrected chi connectivity index (χ0v) is 8.34. The quantitative estimate of drug-likeness (QED) is 0.566. The van der Waals surface area contributed by atoms with Gasteiger partial charge in [-0.3, -0.25) is 4.79 Å². The number of allylic oxidation sites excluding steroid dienone is 2. The summed E-state index contributed by atoms with van der Waals surface area (Å²) in [7, 11) is 0. The van der Waals surface area contributed by atoms with Crippen LogP contribution in [0.25, 0.3) is 0 Å². The minimum absolute atomic E-state index is 0.172. The van der Waals surface area contributed by atoms with Gasteiger partial charge in [-0.05, 0) is 23.1 Å². The van der Waals surface area contributed by atoms with Crippen molar-refractivity contribution in [3.63, 3.8) is 0 Å². The molecule has 2 aliphatic carbocycles. The van der Waals surface area contributed by atoms with Crippen molar-refractivity contribution < 1.29 is 4.79 Å². The zero-order valence-electron chi connectivity index (χ0n) is 8.34. The van der Waals surface area contributed by atoms with E-state index in [1.807, 2.05) is 12.2 Å². The van der Waals surface area contributed by atoms with Crippen molar-refractivity contribution in [2.24, 2.45) is 11.7 Å². The third-order valence-corrected chi connectivity index (χ3v) is 3.32. The van der Waals surface area contributed by atoms with Crippen molar-refractivity contribution in [2.75, 3.05) is 6.54 Å². The molecule has 3 rings (SSSR count). The summed E-state index contributed by atoms with van der Waals surface area (Å²) in [5.41, 5.74) is 16.7. The number of nitrogens with one attached hydrogen (secondary N) is 2. The molecule has 0 bridgehead atoms. The molecule has 1 atom stereocenters. The summed E-state index contributed by atoms with van der Waals surface area (Å²) >= 11 is 0. The Bertz CT molecular complexity index is 431. The number of nitrogens with two attached hydrogens (primary N) is 1. The molecule has 1 unspecified atom stereocenters. The van der Waals surface area contributed by atoms with Gasteiger partial charge in [0.1, 0.15) is 0 Å². The highest BCUT2D eigenvalue weighted by Crippen LogP contribution is 2.38. The number of hydrogen-bond donors (Lipinski definition) is 3. The summed E-state index contributed by atoms with van der Waals surface area (Å²) in [5.74, 6) is -0.408. The molecule has 15 heavy (non-hydrogen) atoms. The monoisotopic (exact) mass is 203 g/mol. The normalized spacial score (nSPS) is 27.9. The summed E-state index contributed by atoms with van der Waals surface area (Å²) < 4.78 is 0. The molecule has 0 saturated carbocycles. The lowest BCUT2D eigenvalue weighted by Crippen LogP contribution is -2.24. The number of carbonyl (C=O) groups is 1. The number of carbonyl (C=O) groups excluding carboxylic acids is 1. The summed E-state index contributed by atoms with van der Waals surface area (Å²) in [4.78, 5) is 11.2. The molecule has 1 heterocycles. The average Bonchev–Trinajstić information content (AvgIpc) is 2.77. The molecule has 0 fully saturated rings. The Balaban J connectivity index is 1.91. The molecule has 0 aromatic rings. The zero-order chi connectivity index (χ0) is 10.4. The fraction of sp³-hybridized carbons (Fsp3) is 0.364. The van der Waals surface area contributed by atoms with Crippen molar-refractivity contribution in [3.8, 4) is 0 Å². The molecule has 0 saturated heterocycles. The predicted molar refractivity (Wildman–Crippen MR) is 56.2 cm³/mol. The molecule has 0 aromatic heterocycles. The van der Waals surface area contributed by atoms with Crippen LogP contribution in [0.2, 0.25) is 0 Å². The molecule has 4 nitrogen and oxygen atoms in total. The van der Waals surface area contributed by atoms with E-state index in [1.54, 1.807) is 0 Å². The number of hydrogen-bond acceptors (Lipinski definition) is 3. The SMILES string of the molecule is NC(=O)C1C=CC2=C1CC1=C(C2)NNC1. The Morgan fingerprint density at radius 3 is 3.13 bits per heavy atom. The number of hydrazine groups is 1. The van der Waals surface area contributed by atoms with E-state index >= 15 is 0 Å². The molecule has 4 heteroatoms. The fourth-order valence-electron chi connectivity index (χ4n) is 2.51. The minimum atomic E-state index is -0.237. The molecule has 0 aromatic carbocycles. The van der Waals surface area contributed by atoms with E-state index in [0.717, 1.165) is 19.4 Å². The van der Waals surface area contributed by atoms with Gasteiger partial charge in [-0.15, -0.1) is 0 Å². The van der Waals surface area contributed by atoms with Crippen LogP contribution in [-0.4, -0.2) is 12.5 Å². The summed E-state index contributed by atoms with van der Waals surface area (Å²) in [5, 5.41) is 0. The van der Waals surface area contributed by atoms with E-state index in [1.165, 1.54) is 22.4 Å². The summed E-state index contributed by atoms with van der Waals surface area (Å²) in [6.45, 7) is 0.873. The van der Waals surface area contributed by atoms with Gasteiger partial charge in [0.2, 0.25) is 5.91 Å². The Labute approximate surface area is 87.9 Å². The van der Waals surface area contributed by atoms with E-state index < -0.39 is 0 Å². The first-order valence-corrected chi connectivity index (χ1v) is 5.15. The van der Waals surface area contributed by atoms with E-state index in [4.69, 9.17) is 5.73 Å². The molecule has 1 amide bonds. The Hall–Kier alpha value is -1.55. The maximum absolute atomic E-state index is 11.2. The molecular formula is C11H13N3O. The van der Waals surface area contributed by atoms with E-state index in [-0.39, 0.29) is 11.8 Å². The molecular weight excluding hydrogens is 190 g/mol. The van der Waals surface area contributed by atoms with Gasteiger partial charge in [0.25, 0.3) is 0 Å². The van der Waals surface area contributed by atoms with Gasteiger partial charge in [-0.1, -0.05) is 12.2 Å². The van der Waals surface area contributed by atoms with Gasteiger partial charge in [-0.25, -0.2) is 5.43 Å². The Morgan fingerprint density at radius 1 is 1.47 bits per heavy atom. The first-order chi connectivity index (χ1) is 7.25. The van der Waals surface area contributed by atoms with Crippen LogP contribution < -0.4 is 16.6 Å². The second-order valence-corrected chi connectivity index (χ2v) is 4.20. The van der Waals surface area contributed by atoms with Gasteiger partial charge in [0.05, 0.1) is 5.92 Å². The van der Waals surface area contributed by atoms with Crippen molar-refractivity contribution in [3.05, 3.63) is 34.6 Å². The molecule has 1 aliphatic heterocycles. The highest BCUT2D eigenvalue weighted by molar-refractivity contribution is 5.84. The van der Waals surface area contributed by atoms with Gasteiger partial charge in [-0.2, -0.15) is 0 Å². The highest BCUT2D eigenvalue weighted by atomic mass is 16.1. The molecule has 0 spiro atoms. The molecule has 3 aliphatic rings. The number of amides is 1. The lowest BCUT2D eigenvalue weighted by Gasteiger charge is -2.19. The number of rotatable bonds is 1. The standard InChI is InChI=1S/C11H13N3O/c12-11(15)8-2-1-6-4-10-7(3-9(6)8)5-13-14-10/h1-2,8,13-14H,3-5H2,(H2,12,15). The largest absolute Gasteiger partial charge is 0.369 e. The predicted octanol–water partition coefficient (Wildman–Crippen LogP) is 0.110. The molecule has 78 valence electrons. The van der Waals surface area contributed by atoms with Gasteiger partial charge < -0.3 is 11.2 Å². The van der Waals surface area contributed by atoms with Gasteiger partial charge in [0, 0.05) is 18.7 Å². The topological polar surface area (TPSA) is 67.2 Å². The van der Waals surface area contributed by atoms with Gasteiger partial charge in [0.15, 0.2) is 0 Å². The van der Waals surface area contributed by atoms with Crippen LogP contribution in [0, 0.1) is 5.92 Å². The summed E-state index contributed by atoms with van der Waals surface area (Å²) in [6.07, 6.45) is 5.74. The van der Waals surface area contributed by atoms with Crippen molar-refractivity contribution in [2.45, 2.75) is 12.8 Å². The van der Waals surface area contributed by atoms with Crippen molar-refractivity contribution in [1.82, 2.24) is 10.9 Å².